The fraction of sp³-hybridized carbons (Fsp3) is 0.118. The van der Waals surface area contributed by atoms with Crippen LogP contribution in [0.25, 0.3) is 10.9 Å². The van der Waals surface area contributed by atoms with Crippen molar-refractivity contribution < 1.29 is 0 Å². The number of halogens is 1. The van der Waals surface area contributed by atoms with Crippen molar-refractivity contribution in [1.82, 2.24) is 4.98 Å². The number of nitrogens with one attached hydrogen (secondary N) is 1. The molecule has 0 radical (unpaired) electrons. The molecule has 4 heteroatoms. The molecule has 3 aromatic rings. The van der Waals surface area contributed by atoms with Gasteiger partial charge in [0.1, 0.15) is 0 Å². The number of rotatable bonds is 2. The molecule has 0 aliphatic heterocycles. The van der Waals surface area contributed by atoms with Crippen molar-refractivity contribution in [3.05, 3.63) is 58.7 Å². The molecule has 0 unspecified atom stereocenters. The minimum atomic E-state index is 0.721. The van der Waals surface area contributed by atoms with Crippen molar-refractivity contribution in [1.29, 1.82) is 0 Å². The van der Waals surface area contributed by atoms with Crippen LogP contribution in [0.5, 0.6) is 0 Å². The number of aryl methyl sites for hydroxylation is 1. The molecule has 1 aromatic heterocycles. The molecule has 0 fully saturated rings. The predicted octanol–water partition coefficient (Wildman–Crippen LogP) is 4.83. The highest BCUT2D eigenvalue weighted by atomic mass is 35.5. The summed E-state index contributed by atoms with van der Waals surface area (Å²) in [4.78, 5) is 4.54. The SMILES string of the molecule is Cc1cc(Nc2cccc(Cl)c2C)c2cc(N)ccc2n1. The Kier molecular flexibility index (Phi) is 3.43. The van der Waals surface area contributed by atoms with Gasteiger partial charge in [-0.05, 0) is 55.8 Å². The van der Waals surface area contributed by atoms with E-state index in [0.29, 0.717) is 0 Å². The molecule has 3 rings (SSSR count). The van der Waals surface area contributed by atoms with Gasteiger partial charge in [0.25, 0.3) is 0 Å². The van der Waals surface area contributed by atoms with Gasteiger partial charge in [-0.3, -0.25) is 4.98 Å². The maximum Gasteiger partial charge on any atom is 0.0727 e. The highest BCUT2D eigenvalue weighted by Crippen LogP contribution is 2.31. The number of nitrogens with zero attached hydrogens (tertiary/aromatic N) is 1. The minimum absolute atomic E-state index is 0.721. The van der Waals surface area contributed by atoms with E-state index in [1.807, 2.05) is 56.3 Å². The zero-order chi connectivity index (χ0) is 15.0. The number of nitrogens with two attached hydrogens (primary N) is 1. The highest BCUT2D eigenvalue weighted by molar-refractivity contribution is 6.31. The van der Waals surface area contributed by atoms with Gasteiger partial charge in [-0.2, -0.15) is 0 Å². The van der Waals surface area contributed by atoms with Gasteiger partial charge in [-0.15, -0.1) is 0 Å². The molecule has 3 N–H and O–H groups in total. The van der Waals surface area contributed by atoms with E-state index in [1.165, 1.54) is 0 Å². The lowest BCUT2D eigenvalue weighted by Crippen LogP contribution is -1.97. The average Bonchev–Trinajstić information content (AvgIpc) is 2.44. The monoisotopic (exact) mass is 297 g/mol. The van der Waals surface area contributed by atoms with Crippen LogP contribution in [0.15, 0.2) is 42.5 Å². The smallest absolute Gasteiger partial charge is 0.0727 e. The zero-order valence-corrected chi connectivity index (χ0v) is 12.7. The number of aromatic nitrogens is 1. The fourth-order valence-electron chi connectivity index (χ4n) is 2.37. The summed E-state index contributed by atoms with van der Waals surface area (Å²) in [7, 11) is 0. The van der Waals surface area contributed by atoms with Gasteiger partial charge in [-0.25, -0.2) is 0 Å². The molecule has 0 saturated heterocycles. The summed E-state index contributed by atoms with van der Waals surface area (Å²) in [6.07, 6.45) is 0. The Bertz CT molecular complexity index is 828. The molecular formula is C17H16ClN3. The Balaban J connectivity index is 2.15. The molecule has 21 heavy (non-hydrogen) atoms. The number of anilines is 3. The molecule has 0 aliphatic rings. The summed E-state index contributed by atoms with van der Waals surface area (Å²) in [6.45, 7) is 3.97. The molecule has 106 valence electrons. The van der Waals surface area contributed by atoms with E-state index < -0.39 is 0 Å². The number of benzene rings is 2. The molecule has 0 aliphatic carbocycles. The van der Waals surface area contributed by atoms with Gasteiger partial charge in [0, 0.05) is 33.2 Å². The van der Waals surface area contributed by atoms with Crippen molar-refractivity contribution in [2.75, 3.05) is 11.1 Å². The van der Waals surface area contributed by atoms with E-state index in [0.717, 1.165) is 44.2 Å². The lowest BCUT2D eigenvalue weighted by Gasteiger charge is -2.14. The normalized spacial score (nSPS) is 10.8. The highest BCUT2D eigenvalue weighted by Gasteiger charge is 2.07. The maximum atomic E-state index is 6.18. The van der Waals surface area contributed by atoms with E-state index in [-0.39, 0.29) is 0 Å². The predicted molar refractivity (Wildman–Crippen MR) is 90.4 cm³/mol. The van der Waals surface area contributed by atoms with Crippen LogP contribution in [0.1, 0.15) is 11.3 Å². The standard InChI is InChI=1S/C17H16ClN3/c1-10-8-17(13-9-12(19)6-7-16(13)20-10)21-15-5-3-4-14(18)11(15)2/h3-9H,19H2,1-2H3,(H,20,21). The first-order valence-electron chi connectivity index (χ1n) is 6.73. The van der Waals surface area contributed by atoms with Gasteiger partial charge in [0.15, 0.2) is 0 Å². The molecule has 0 spiro atoms. The zero-order valence-electron chi connectivity index (χ0n) is 11.9. The fourth-order valence-corrected chi connectivity index (χ4v) is 2.54. The largest absolute Gasteiger partial charge is 0.399 e. The summed E-state index contributed by atoms with van der Waals surface area (Å²) in [5, 5.41) is 5.19. The van der Waals surface area contributed by atoms with E-state index in [1.54, 1.807) is 0 Å². The molecule has 1 heterocycles. The van der Waals surface area contributed by atoms with Gasteiger partial charge in [0.2, 0.25) is 0 Å². The van der Waals surface area contributed by atoms with Crippen LogP contribution in [0.2, 0.25) is 5.02 Å². The van der Waals surface area contributed by atoms with Crippen LogP contribution in [-0.4, -0.2) is 4.98 Å². The van der Waals surface area contributed by atoms with Crippen LogP contribution in [0.3, 0.4) is 0 Å². The summed E-state index contributed by atoms with van der Waals surface area (Å²) >= 11 is 6.18. The molecule has 0 atom stereocenters. The van der Waals surface area contributed by atoms with E-state index >= 15 is 0 Å². The maximum absolute atomic E-state index is 6.18. The molecule has 0 saturated carbocycles. The van der Waals surface area contributed by atoms with Gasteiger partial charge in [0.05, 0.1) is 5.52 Å². The Morgan fingerprint density at radius 1 is 1.05 bits per heavy atom. The lowest BCUT2D eigenvalue weighted by molar-refractivity contribution is 1.25. The van der Waals surface area contributed by atoms with Crippen molar-refractivity contribution in [3.8, 4) is 0 Å². The van der Waals surface area contributed by atoms with Crippen LogP contribution in [0, 0.1) is 13.8 Å². The van der Waals surface area contributed by atoms with Crippen molar-refractivity contribution in [2.45, 2.75) is 13.8 Å². The van der Waals surface area contributed by atoms with Gasteiger partial charge in [-0.1, -0.05) is 17.7 Å². The van der Waals surface area contributed by atoms with Crippen LogP contribution in [-0.2, 0) is 0 Å². The molecule has 0 amide bonds. The Hall–Kier alpha value is -2.26. The summed E-state index contributed by atoms with van der Waals surface area (Å²) in [5.41, 5.74) is 11.5. The first kappa shape index (κ1) is 13.7. The van der Waals surface area contributed by atoms with Crippen molar-refractivity contribution >= 4 is 39.6 Å². The Morgan fingerprint density at radius 2 is 1.86 bits per heavy atom. The van der Waals surface area contributed by atoms with Crippen LogP contribution >= 0.6 is 11.6 Å². The number of hydrogen-bond donors (Lipinski definition) is 2. The quantitative estimate of drug-likeness (QED) is 0.666. The molecule has 2 aromatic carbocycles. The first-order chi connectivity index (χ1) is 10.0. The topological polar surface area (TPSA) is 50.9 Å². The Morgan fingerprint density at radius 3 is 2.67 bits per heavy atom. The number of nitrogen functional groups attached to an aromatic ring is 1. The minimum Gasteiger partial charge on any atom is -0.399 e. The summed E-state index contributed by atoms with van der Waals surface area (Å²) in [5.74, 6) is 0. The Labute approximate surface area is 128 Å². The van der Waals surface area contributed by atoms with E-state index in [9.17, 15) is 0 Å². The van der Waals surface area contributed by atoms with Crippen LogP contribution in [0.4, 0.5) is 17.1 Å². The number of fused-ring (bicyclic) bond motifs is 1. The van der Waals surface area contributed by atoms with Crippen molar-refractivity contribution in [3.63, 3.8) is 0 Å². The lowest BCUT2D eigenvalue weighted by atomic mass is 10.1. The van der Waals surface area contributed by atoms with E-state index in [4.69, 9.17) is 17.3 Å². The number of hydrogen-bond acceptors (Lipinski definition) is 3. The third kappa shape index (κ3) is 2.65. The molecule has 3 nitrogen and oxygen atoms in total. The van der Waals surface area contributed by atoms with E-state index in [2.05, 4.69) is 10.3 Å². The second-order valence-corrected chi connectivity index (χ2v) is 5.53. The average molecular weight is 298 g/mol. The van der Waals surface area contributed by atoms with Crippen molar-refractivity contribution in [2.24, 2.45) is 0 Å². The molecular weight excluding hydrogens is 282 g/mol. The second kappa shape index (κ2) is 5.26. The molecule has 0 bridgehead atoms. The number of pyridine rings is 1. The summed E-state index contributed by atoms with van der Waals surface area (Å²) < 4.78 is 0. The third-order valence-electron chi connectivity index (χ3n) is 3.50. The van der Waals surface area contributed by atoms with Gasteiger partial charge >= 0.3 is 0 Å². The second-order valence-electron chi connectivity index (χ2n) is 5.13. The van der Waals surface area contributed by atoms with Crippen LogP contribution < -0.4 is 11.1 Å². The summed E-state index contributed by atoms with van der Waals surface area (Å²) in [6, 6.07) is 13.6. The van der Waals surface area contributed by atoms with Gasteiger partial charge < -0.3 is 11.1 Å². The third-order valence-corrected chi connectivity index (χ3v) is 3.91. The first-order valence-corrected chi connectivity index (χ1v) is 7.11.